The molecule has 76 valence electrons. The van der Waals surface area contributed by atoms with E-state index >= 15 is 0 Å². The van der Waals surface area contributed by atoms with E-state index in [1.54, 1.807) is 18.3 Å². The van der Waals surface area contributed by atoms with Crippen molar-refractivity contribution in [2.45, 2.75) is 6.54 Å². The lowest BCUT2D eigenvalue weighted by molar-refractivity contribution is -0.139. The van der Waals surface area contributed by atoms with Crippen LogP contribution in [0.2, 0.25) is 0 Å². The molecule has 5 nitrogen and oxygen atoms in total. The molecular formula is C9H13N3O2. The Kier molecular flexibility index (Phi) is 3.87. The molecular weight excluding hydrogens is 182 g/mol. The summed E-state index contributed by atoms with van der Waals surface area (Å²) in [5, 5.41) is 2.89. The summed E-state index contributed by atoms with van der Waals surface area (Å²) in [4.78, 5) is 14.8. The van der Waals surface area contributed by atoms with E-state index in [9.17, 15) is 4.79 Å². The lowest BCUT2D eigenvalue weighted by atomic mass is 10.3. The standard InChI is InChI=1S/C9H13N3O2/c1-14-9(13)6-11-5-8-3-2-7(10)4-12-8/h2-4,11H,5-6,10H2,1H3. The van der Waals surface area contributed by atoms with Crippen LogP contribution in [0.3, 0.4) is 0 Å². The van der Waals surface area contributed by atoms with Crippen molar-refractivity contribution in [3.63, 3.8) is 0 Å². The summed E-state index contributed by atoms with van der Waals surface area (Å²) in [5.74, 6) is -0.291. The van der Waals surface area contributed by atoms with Crippen LogP contribution in [-0.2, 0) is 16.1 Å². The molecule has 0 saturated carbocycles. The summed E-state index contributed by atoms with van der Waals surface area (Å²) in [6, 6.07) is 3.57. The summed E-state index contributed by atoms with van der Waals surface area (Å²) in [6.45, 7) is 0.706. The third-order valence-electron chi connectivity index (χ3n) is 1.65. The Morgan fingerprint density at radius 1 is 1.64 bits per heavy atom. The highest BCUT2D eigenvalue weighted by atomic mass is 16.5. The summed E-state index contributed by atoms with van der Waals surface area (Å²) >= 11 is 0. The molecule has 0 saturated heterocycles. The van der Waals surface area contributed by atoms with Crippen molar-refractivity contribution >= 4 is 11.7 Å². The fourth-order valence-corrected chi connectivity index (χ4v) is 0.905. The number of hydrogen-bond acceptors (Lipinski definition) is 5. The number of nitrogens with zero attached hydrogens (tertiary/aromatic N) is 1. The largest absolute Gasteiger partial charge is 0.468 e. The maximum Gasteiger partial charge on any atom is 0.319 e. The number of carbonyl (C=O) groups is 1. The van der Waals surface area contributed by atoms with E-state index < -0.39 is 0 Å². The highest BCUT2D eigenvalue weighted by molar-refractivity contribution is 5.71. The van der Waals surface area contributed by atoms with Gasteiger partial charge in [-0.1, -0.05) is 0 Å². The molecule has 14 heavy (non-hydrogen) atoms. The van der Waals surface area contributed by atoms with Crippen molar-refractivity contribution in [1.29, 1.82) is 0 Å². The number of rotatable bonds is 4. The van der Waals surface area contributed by atoms with Crippen LogP contribution in [0.4, 0.5) is 5.69 Å². The van der Waals surface area contributed by atoms with Gasteiger partial charge in [-0.05, 0) is 12.1 Å². The number of nitrogen functional groups attached to an aromatic ring is 1. The van der Waals surface area contributed by atoms with Gasteiger partial charge in [-0.2, -0.15) is 0 Å². The van der Waals surface area contributed by atoms with Crippen LogP contribution >= 0.6 is 0 Å². The first kappa shape index (κ1) is 10.5. The molecule has 1 aromatic rings. The van der Waals surface area contributed by atoms with Crippen molar-refractivity contribution in [1.82, 2.24) is 10.3 Å². The monoisotopic (exact) mass is 195 g/mol. The second-order valence-corrected chi connectivity index (χ2v) is 2.76. The highest BCUT2D eigenvalue weighted by Crippen LogP contribution is 1.99. The molecule has 0 aliphatic rings. The fraction of sp³-hybridized carbons (Fsp3) is 0.333. The smallest absolute Gasteiger partial charge is 0.319 e. The third-order valence-corrected chi connectivity index (χ3v) is 1.65. The molecule has 0 unspecified atom stereocenters. The quantitative estimate of drug-likeness (QED) is 0.657. The number of nitrogens with one attached hydrogen (secondary N) is 1. The summed E-state index contributed by atoms with van der Waals surface area (Å²) < 4.78 is 4.47. The van der Waals surface area contributed by atoms with Crippen molar-refractivity contribution in [3.8, 4) is 0 Å². The zero-order chi connectivity index (χ0) is 10.4. The van der Waals surface area contributed by atoms with Crippen LogP contribution in [-0.4, -0.2) is 24.6 Å². The minimum atomic E-state index is -0.291. The number of nitrogens with two attached hydrogens (primary N) is 1. The van der Waals surface area contributed by atoms with Crippen molar-refractivity contribution in [2.75, 3.05) is 19.4 Å². The predicted molar refractivity (Wildman–Crippen MR) is 52.4 cm³/mol. The minimum absolute atomic E-state index is 0.183. The molecule has 1 rings (SSSR count). The van der Waals surface area contributed by atoms with Crippen LogP contribution in [0, 0.1) is 0 Å². The molecule has 0 atom stereocenters. The first-order valence-electron chi connectivity index (χ1n) is 4.20. The zero-order valence-corrected chi connectivity index (χ0v) is 7.99. The number of pyridine rings is 1. The lowest BCUT2D eigenvalue weighted by Gasteiger charge is -2.02. The van der Waals surface area contributed by atoms with Gasteiger partial charge in [0.05, 0.1) is 31.2 Å². The van der Waals surface area contributed by atoms with Gasteiger partial charge in [-0.25, -0.2) is 0 Å². The van der Waals surface area contributed by atoms with E-state index in [-0.39, 0.29) is 12.5 Å². The van der Waals surface area contributed by atoms with Crippen LogP contribution in [0.5, 0.6) is 0 Å². The lowest BCUT2D eigenvalue weighted by Crippen LogP contribution is -2.23. The van der Waals surface area contributed by atoms with Gasteiger partial charge in [0.25, 0.3) is 0 Å². The molecule has 0 bridgehead atoms. The van der Waals surface area contributed by atoms with Crippen molar-refractivity contribution in [3.05, 3.63) is 24.0 Å². The maximum absolute atomic E-state index is 10.7. The average molecular weight is 195 g/mol. The second kappa shape index (κ2) is 5.18. The highest BCUT2D eigenvalue weighted by Gasteiger charge is 1.99. The zero-order valence-electron chi connectivity index (χ0n) is 7.99. The Hall–Kier alpha value is -1.62. The van der Waals surface area contributed by atoms with Gasteiger partial charge in [0.2, 0.25) is 0 Å². The number of carbonyl (C=O) groups excluding carboxylic acids is 1. The molecule has 0 aliphatic carbocycles. The van der Waals surface area contributed by atoms with Crippen molar-refractivity contribution in [2.24, 2.45) is 0 Å². The molecule has 0 amide bonds. The van der Waals surface area contributed by atoms with Crippen LogP contribution < -0.4 is 11.1 Å². The van der Waals surface area contributed by atoms with E-state index in [0.717, 1.165) is 5.69 Å². The van der Waals surface area contributed by atoms with Crippen LogP contribution in [0.1, 0.15) is 5.69 Å². The molecule has 0 aromatic carbocycles. The second-order valence-electron chi connectivity index (χ2n) is 2.76. The molecule has 1 heterocycles. The van der Waals surface area contributed by atoms with Gasteiger partial charge < -0.3 is 15.8 Å². The maximum atomic E-state index is 10.7. The number of anilines is 1. The third kappa shape index (κ3) is 3.40. The molecule has 3 N–H and O–H groups in total. The van der Waals surface area contributed by atoms with Gasteiger partial charge in [-0.3, -0.25) is 9.78 Å². The fourth-order valence-electron chi connectivity index (χ4n) is 0.905. The SMILES string of the molecule is COC(=O)CNCc1ccc(N)cn1. The average Bonchev–Trinajstić information content (AvgIpc) is 2.21. The van der Waals surface area contributed by atoms with Crippen LogP contribution in [0.15, 0.2) is 18.3 Å². The topological polar surface area (TPSA) is 77.2 Å². The Labute approximate surface area is 82.3 Å². The Morgan fingerprint density at radius 2 is 2.43 bits per heavy atom. The first-order chi connectivity index (χ1) is 6.72. The van der Waals surface area contributed by atoms with Gasteiger partial charge >= 0.3 is 5.97 Å². The normalized spacial score (nSPS) is 9.79. The van der Waals surface area contributed by atoms with Gasteiger partial charge in [0.1, 0.15) is 0 Å². The summed E-state index contributed by atoms with van der Waals surface area (Å²) in [7, 11) is 1.35. The van der Waals surface area contributed by atoms with E-state index in [4.69, 9.17) is 5.73 Å². The minimum Gasteiger partial charge on any atom is -0.468 e. The Morgan fingerprint density at radius 3 is 3.00 bits per heavy atom. The number of methoxy groups -OCH3 is 1. The molecule has 5 heteroatoms. The van der Waals surface area contributed by atoms with E-state index in [1.165, 1.54) is 7.11 Å². The molecule has 1 aromatic heterocycles. The predicted octanol–water partition coefficient (Wildman–Crippen LogP) is -0.0736. The summed E-state index contributed by atoms with van der Waals surface area (Å²) in [6.07, 6.45) is 1.58. The van der Waals surface area contributed by atoms with Gasteiger partial charge in [-0.15, -0.1) is 0 Å². The first-order valence-corrected chi connectivity index (χ1v) is 4.20. The molecule has 0 fully saturated rings. The van der Waals surface area contributed by atoms with E-state index in [1.807, 2.05) is 0 Å². The van der Waals surface area contributed by atoms with Crippen LogP contribution in [0.25, 0.3) is 0 Å². The number of esters is 1. The van der Waals surface area contributed by atoms with E-state index in [2.05, 4.69) is 15.0 Å². The summed E-state index contributed by atoms with van der Waals surface area (Å²) in [5.41, 5.74) is 6.93. The number of aromatic nitrogens is 1. The molecule has 0 aliphatic heterocycles. The van der Waals surface area contributed by atoms with E-state index in [0.29, 0.717) is 12.2 Å². The molecule has 0 radical (unpaired) electrons. The Bertz CT molecular complexity index is 297. The van der Waals surface area contributed by atoms with Crippen molar-refractivity contribution < 1.29 is 9.53 Å². The molecule has 0 spiro atoms. The number of hydrogen-bond donors (Lipinski definition) is 2. The van der Waals surface area contributed by atoms with Gasteiger partial charge in [0, 0.05) is 6.54 Å². The van der Waals surface area contributed by atoms with Gasteiger partial charge in [0.15, 0.2) is 0 Å². The Balaban J connectivity index is 2.31. The number of ether oxygens (including phenoxy) is 1.